The molecule has 0 saturated heterocycles. The third-order valence-electron chi connectivity index (χ3n) is 8.89. The van der Waals surface area contributed by atoms with E-state index in [0.717, 1.165) is 62.6 Å². The normalized spacial score (nSPS) is 21.0. The Morgan fingerprint density at radius 3 is 2.45 bits per heavy atom. The Labute approximate surface area is 260 Å². The molecule has 2 aliphatic rings. The predicted molar refractivity (Wildman–Crippen MR) is 179 cm³/mol. The van der Waals surface area contributed by atoms with Crippen molar-refractivity contribution >= 4 is 29.2 Å². The lowest BCUT2D eigenvalue weighted by Gasteiger charge is -2.22. The topological polar surface area (TPSA) is 139 Å². The molecule has 8 nitrogen and oxygen atoms in total. The van der Waals surface area contributed by atoms with Crippen LogP contribution in [0.2, 0.25) is 0 Å². The standard InChI is InChI=1S/C36H44N6O2/c1-40-21-30(20-37)29-19-32(35(39)41-22-29)36(43)42-33-6-3-7-34(33)44-23-26-10-15-28(16-11-26)27-13-8-25(9-14-27)18-24-4-2-5-31(38)17-12-24/h8-11,13-16,19-22,24,33-34,38H,2-7,12,17-18,23,37H2,1H3,(H2,39,41)(H,42,43)/t24?,33-,34-/m0/s1. The molecule has 8 heteroatoms. The number of nitrogens with one attached hydrogen (secondary N) is 2. The molecule has 3 atom stereocenters. The van der Waals surface area contributed by atoms with Crippen molar-refractivity contribution in [2.24, 2.45) is 16.6 Å². The molecule has 0 bridgehead atoms. The summed E-state index contributed by atoms with van der Waals surface area (Å²) in [6, 6.07) is 19.1. The molecule has 2 fully saturated rings. The molecule has 1 unspecified atom stereocenters. The first-order valence-electron chi connectivity index (χ1n) is 15.7. The molecule has 0 radical (unpaired) electrons. The van der Waals surface area contributed by atoms with Gasteiger partial charge in [-0.15, -0.1) is 0 Å². The van der Waals surface area contributed by atoms with Crippen molar-refractivity contribution in [2.45, 2.75) is 76.5 Å². The van der Waals surface area contributed by atoms with Gasteiger partial charge in [-0.2, -0.15) is 0 Å². The lowest BCUT2D eigenvalue weighted by Crippen LogP contribution is -2.41. The third kappa shape index (κ3) is 7.99. The van der Waals surface area contributed by atoms with Crippen LogP contribution in [0.5, 0.6) is 0 Å². The summed E-state index contributed by atoms with van der Waals surface area (Å²) in [5.41, 5.74) is 19.2. The van der Waals surface area contributed by atoms with Crippen molar-refractivity contribution in [3.63, 3.8) is 0 Å². The van der Waals surface area contributed by atoms with Gasteiger partial charge in [0.05, 0.1) is 24.3 Å². The summed E-state index contributed by atoms with van der Waals surface area (Å²) in [7, 11) is 1.66. The highest BCUT2D eigenvalue weighted by atomic mass is 16.5. The van der Waals surface area contributed by atoms with E-state index in [1.54, 1.807) is 25.5 Å². The van der Waals surface area contributed by atoms with Crippen molar-refractivity contribution in [3.8, 4) is 11.1 Å². The van der Waals surface area contributed by atoms with Gasteiger partial charge in [0.2, 0.25) is 0 Å². The molecule has 6 N–H and O–H groups in total. The number of aliphatic imine (C=N–C) groups is 1. The van der Waals surface area contributed by atoms with Crippen LogP contribution in [0.4, 0.5) is 5.82 Å². The summed E-state index contributed by atoms with van der Waals surface area (Å²) in [6.45, 7) is 0.481. The van der Waals surface area contributed by atoms with Crippen LogP contribution in [0.1, 0.15) is 78.4 Å². The lowest BCUT2D eigenvalue weighted by molar-refractivity contribution is 0.0272. The number of nitrogens with zero attached hydrogens (tertiary/aromatic N) is 2. The Hall–Kier alpha value is -4.30. The maximum Gasteiger partial charge on any atom is 0.255 e. The molecule has 0 aliphatic heterocycles. The Morgan fingerprint density at radius 2 is 1.75 bits per heavy atom. The molecule has 0 spiro atoms. The first kappa shape index (κ1) is 31.1. The number of ether oxygens (including phenoxy) is 1. The minimum Gasteiger partial charge on any atom is -0.404 e. The Morgan fingerprint density at radius 1 is 1.02 bits per heavy atom. The largest absolute Gasteiger partial charge is 0.404 e. The number of rotatable bonds is 10. The maximum atomic E-state index is 13.2. The Bertz CT molecular complexity index is 1500. The van der Waals surface area contributed by atoms with Crippen molar-refractivity contribution < 1.29 is 9.53 Å². The van der Waals surface area contributed by atoms with Crippen LogP contribution in [0, 0.1) is 11.3 Å². The van der Waals surface area contributed by atoms with Crippen LogP contribution < -0.4 is 16.8 Å². The smallest absolute Gasteiger partial charge is 0.255 e. The van der Waals surface area contributed by atoms with Gasteiger partial charge >= 0.3 is 0 Å². The number of amides is 1. The number of allylic oxidation sites excluding steroid dienone is 1. The monoisotopic (exact) mass is 592 g/mol. The fourth-order valence-corrected chi connectivity index (χ4v) is 6.32. The van der Waals surface area contributed by atoms with E-state index in [1.807, 2.05) is 0 Å². The van der Waals surface area contributed by atoms with Gasteiger partial charge in [0.25, 0.3) is 5.91 Å². The van der Waals surface area contributed by atoms with E-state index in [9.17, 15) is 4.79 Å². The van der Waals surface area contributed by atoms with Crippen molar-refractivity contribution in [2.75, 3.05) is 12.8 Å². The number of hydrogen-bond acceptors (Lipinski definition) is 7. The molecule has 44 heavy (non-hydrogen) atoms. The van der Waals surface area contributed by atoms with Crippen LogP contribution >= 0.6 is 0 Å². The van der Waals surface area contributed by atoms with E-state index in [2.05, 4.69) is 63.8 Å². The zero-order valence-corrected chi connectivity index (χ0v) is 25.6. The number of hydrogen-bond donors (Lipinski definition) is 4. The van der Waals surface area contributed by atoms with Gasteiger partial charge in [0, 0.05) is 42.5 Å². The van der Waals surface area contributed by atoms with Crippen molar-refractivity contribution in [3.05, 3.63) is 89.2 Å². The van der Waals surface area contributed by atoms with Crippen LogP contribution in [0.25, 0.3) is 16.7 Å². The average molecular weight is 593 g/mol. The molecule has 2 saturated carbocycles. The van der Waals surface area contributed by atoms with E-state index in [-0.39, 0.29) is 23.9 Å². The fourth-order valence-electron chi connectivity index (χ4n) is 6.32. The van der Waals surface area contributed by atoms with E-state index in [0.29, 0.717) is 29.2 Å². The highest BCUT2D eigenvalue weighted by Crippen LogP contribution is 2.28. The molecular formula is C36H44N6O2. The quantitative estimate of drug-likeness (QED) is 0.161. The fraction of sp³-hybridized carbons (Fsp3) is 0.389. The number of carbonyl (C=O) groups is 1. The SMILES string of the molecule is CN=CC(=CN)c1cnc(N)c(C(=O)N[C@H]2CCC[C@@H]2OCc2ccc(-c3ccc(CC4CCCC(=N)CC4)cc3)cc2)c1. The second kappa shape index (κ2) is 14.9. The molecule has 2 aromatic carbocycles. The molecule has 5 rings (SSSR count). The lowest BCUT2D eigenvalue weighted by atomic mass is 9.91. The van der Waals surface area contributed by atoms with Gasteiger partial charge in [-0.05, 0) is 92.0 Å². The molecule has 3 aromatic rings. The number of aromatic nitrogens is 1. The molecule has 1 aromatic heterocycles. The summed E-state index contributed by atoms with van der Waals surface area (Å²) in [5, 5.41) is 11.1. The van der Waals surface area contributed by atoms with Crippen LogP contribution in [-0.4, -0.2) is 42.0 Å². The van der Waals surface area contributed by atoms with E-state index in [1.165, 1.54) is 29.3 Å². The highest BCUT2D eigenvalue weighted by molar-refractivity contribution is 6.10. The summed E-state index contributed by atoms with van der Waals surface area (Å²) in [4.78, 5) is 21.4. The summed E-state index contributed by atoms with van der Waals surface area (Å²) >= 11 is 0. The minimum absolute atomic E-state index is 0.0747. The second-order valence-electron chi connectivity index (χ2n) is 12.0. The molecule has 2 aliphatic carbocycles. The van der Waals surface area contributed by atoms with Gasteiger partial charge in [0.15, 0.2) is 0 Å². The van der Waals surface area contributed by atoms with Crippen molar-refractivity contribution in [1.29, 1.82) is 5.41 Å². The van der Waals surface area contributed by atoms with Crippen LogP contribution in [-0.2, 0) is 17.8 Å². The molecule has 230 valence electrons. The van der Waals surface area contributed by atoms with Crippen molar-refractivity contribution in [1.82, 2.24) is 10.3 Å². The van der Waals surface area contributed by atoms with Gasteiger partial charge < -0.3 is 26.9 Å². The molecule has 1 amide bonds. The summed E-state index contributed by atoms with van der Waals surface area (Å²) < 4.78 is 6.31. The number of nitrogens with two attached hydrogens (primary N) is 2. The average Bonchev–Trinajstić information content (AvgIpc) is 3.38. The zero-order valence-electron chi connectivity index (χ0n) is 25.6. The highest BCUT2D eigenvalue weighted by Gasteiger charge is 2.30. The molecular weight excluding hydrogens is 548 g/mol. The zero-order chi connectivity index (χ0) is 30.9. The summed E-state index contributed by atoms with van der Waals surface area (Å²) in [6.07, 6.45) is 13.8. The number of pyridine rings is 1. The maximum absolute atomic E-state index is 13.2. The number of benzene rings is 2. The summed E-state index contributed by atoms with van der Waals surface area (Å²) in [5.74, 6) is 0.584. The Balaban J connectivity index is 1.14. The number of anilines is 1. The van der Waals surface area contributed by atoms with E-state index in [4.69, 9.17) is 21.6 Å². The van der Waals surface area contributed by atoms with Crippen LogP contribution in [0.3, 0.4) is 0 Å². The number of nitrogen functional groups attached to an aromatic ring is 1. The minimum atomic E-state index is -0.271. The molecule has 1 heterocycles. The van der Waals surface area contributed by atoms with E-state index < -0.39 is 0 Å². The van der Waals surface area contributed by atoms with Gasteiger partial charge in [-0.25, -0.2) is 4.98 Å². The predicted octanol–water partition coefficient (Wildman–Crippen LogP) is 6.34. The Kier molecular flexibility index (Phi) is 10.6. The van der Waals surface area contributed by atoms with Crippen LogP contribution in [0.15, 0.2) is 72.0 Å². The van der Waals surface area contributed by atoms with E-state index >= 15 is 0 Å². The first-order chi connectivity index (χ1) is 21.4. The van der Waals surface area contributed by atoms with Gasteiger partial charge in [-0.3, -0.25) is 9.79 Å². The first-order valence-corrected chi connectivity index (χ1v) is 15.7. The number of carbonyl (C=O) groups excluding carboxylic acids is 1. The van der Waals surface area contributed by atoms with Gasteiger partial charge in [0.1, 0.15) is 5.82 Å². The second-order valence-corrected chi connectivity index (χ2v) is 12.0. The van der Waals surface area contributed by atoms with Gasteiger partial charge in [-0.1, -0.05) is 48.5 Å². The third-order valence-corrected chi connectivity index (χ3v) is 8.89.